The van der Waals surface area contributed by atoms with Gasteiger partial charge in [0.25, 0.3) is 0 Å². The minimum atomic E-state index is -1.06. The third-order valence-electron chi connectivity index (χ3n) is 9.13. The van der Waals surface area contributed by atoms with Crippen LogP contribution in [0.25, 0.3) is 0 Å². The van der Waals surface area contributed by atoms with Crippen LogP contribution >= 0.6 is 11.6 Å². The van der Waals surface area contributed by atoms with E-state index in [1.54, 1.807) is 4.90 Å². The summed E-state index contributed by atoms with van der Waals surface area (Å²) < 4.78 is 0. The number of carbonyl (C=O) groups excluding carboxylic acids is 3. The Morgan fingerprint density at radius 2 is 1.63 bits per heavy atom. The van der Waals surface area contributed by atoms with Gasteiger partial charge in [-0.2, -0.15) is 0 Å². The maximum absolute atomic E-state index is 14.3. The number of hydrogen-bond donors (Lipinski definition) is 4. The Morgan fingerprint density at radius 1 is 0.978 bits per heavy atom. The van der Waals surface area contributed by atoms with Crippen molar-refractivity contribution in [1.29, 1.82) is 0 Å². The predicted octanol–water partition coefficient (Wildman–Crippen LogP) is 4.67. The summed E-state index contributed by atoms with van der Waals surface area (Å²) in [5.74, 6) is -0.919. The molecule has 8 nitrogen and oxygen atoms in total. The lowest BCUT2D eigenvalue weighted by atomic mass is 9.81. The number of nitrogens with zero attached hydrogens (tertiary/aromatic N) is 1. The maximum Gasteiger partial charge on any atom is 0.249 e. The van der Waals surface area contributed by atoms with Gasteiger partial charge in [-0.1, -0.05) is 105 Å². The van der Waals surface area contributed by atoms with Crippen molar-refractivity contribution in [3.63, 3.8) is 0 Å². The second-order valence-corrected chi connectivity index (χ2v) is 12.8. The largest absolute Gasteiger partial charge is 0.390 e. The molecule has 4 rings (SSSR count). The number of hydrogen-bond acceptors (Lipinski definition) is 5. The number of aliphatic hydroxyl groups is 1. The van der Waals surface area contributed by atoms with Crippen LogP contribution in [0.1, 0.15) is 56.7 Å². The number of halogens is 1. The number of aliphatic hydroxyl groups excluding tert-OH is 1. The molecule has 0 aromatic heterocycles. The fourth-order valence-electron chi connectivity index (χ4n) is 6.38. The summed E-state index contributed by atoms with van der Waals surface area (Å²) in [4.78, 5) is 42.4. The first kappa shape index (κ1) is 35.1. The van der Waals surface area contributed by atoms with Gasteiger partial charge >= 0.3 is 0 Å². The second-order valence-electron chi connectivity index (χ2n) is 12.4. The molecule has 3 aromatic carbocycles. The smallest absolute Gasteiger partial charge is 0.249 e. The number of rotatable bonds is 16. The molecular formula is C37H47ClN4O4. The standard InChI is InChI=1S/C37H47ClN4O4/c1-4-26(2)37(41-27(3)43)20-21-42(36(37)46)33(19-18-28-12-7-5-8-13-28)35(45)40-32(23-29-14-9-6-10-15-29)34(44)25-39-24-30-16-11-17-31(38)22-30/h5-17,22,26,32-34,39,44H,4,18-21,23-25H2,1-3H3,(H,40,45)(H,41,43)/t26-,32-,33-,34+,37?/m0/s1. The number of amides is 3. The van der Waals surface area contributed by atoms with E-state index in [1.165, 1.54) is 6.92 Å². The van der Waals surface area contributed by atoms with Gasteiger partial charge in [0, 0.05) is 31.6 Å². The number of nitrogens with one attached hydrogen (secondary N) is 3. The van der Waals surface area contributed by atoms with Crippen LogP contribution in [-0.4, -0.2) is 64.5 Å². The SMILES string of the molecule is CC[C@H](C)C1(NC(C)=O)CCN([C@@H](CCc2ccccc2)C(=O)N[C@@H](Cc2ccccc2)[C@H](O)CNCc2cccc(Cl)c2)C1=O. The Kier molecular flexibility index (Phi) is 12.8. The van der Waals surface area contributed by atoms with Crippen LogP contribution in [0.2, 0.25) is 5.02 Å². The molecule has 246 valence electrons. The van der Waals surface area contributed by atoms with E-state index in [9.17, 15) is 19.5 Å². The number of aryl methyl sites for hydroxylation is 1. The van der Waals surface area contributed by atoms with Crippen LogP contribution in [0.15, 0.2) is 84.9 Å². The Morgan fingerprint density at radius 3 is 2.26 bits per heavy atom. The highest BCUT2D eigenvalue weighted by Gasteiger charge is 2.53. The summed E-state index contributed by atoms with van der Waals surface area (Å²) in [6.07, 6.45) is 1.62. The van der Waals surface area contributed by atoms with Crippen molar-refractivity contribution in [3.8, 4) is 0 Å². The summed E-state index contributed by atoms with van der Waals surface area (Å²) in [6.45, 7) is 6.49. The van der Waals surface area contributed by atoms with Crippen LogP contribution in [0.3, 0.4) is 0 Å². The van der Waals surface area contributed by atoms with Crippen molar-refractivity contribution < 1.29 is 19.5 Å². The molecule has 9 heteroatoms. The average Bonchev–Trinajstić information content (AvgIpc) is 3.36. The second kappa shape index (κ2) is 16.7. The Hall–Kier alpha value is -3.72. The van der Waals surface area contributed by atoms with E-state index in [0.29, 0.717) is 50.2 Å². The molecule has 46 heavy (non-hydrogen) atoms. The molecule has 1 fully saturated rings. The summed E-state index contributed by atoms with van der Waals surface area (Å²) in [5.41, 5.74) is 1.97. The number of likely N-dealkylation sites (tertiary alicyclic amines) is 1. The van der Waals surface area contributed by atoms with Gasteiger partial charge in [0.2, 0.25) is 17.7 Å². The van der Waals surface area contributed by atoms with E-state index in [4.69, 9.17) is 11.6 Å². The van der Waals surface area contributed by atoms with Crippen molar-refractivity contribution in [2.45, 2.75) is 83.1 Å². The highest BCUT2D eigenvalue weighted by atomic mass is 35.5. The molecule has 1 aliphatic rings. The molecule has 3 aromatic rings. The van der Waals surface area contributed by atoms with Gasteiger partial charge in [-0.3, -0.25) is 14.4 Å². The molecule has 1 aliphatic heterocycles. The highest BCUT2D eigenvalue weighted by molar-refractivity contribution is 6.30. The molecule has 0 bridgehead atoms. The van der Waals surface area contributed by atoms with Crippen molar-refractivity contribution in [2.75, 3.05) is 13.1 Å². The van der Waals surface area contributed by atoms with Crippen LogP contribution in [0, 0.1) is 5.92 Å². The topological polar surface area (TPSA) is 111 Å². The molecule has 1 heterocycles. The van der Waals surface area contributed by atoms with E-state index in [0.717, 1.165) is 16.7 Å². The molecule has 0 saturated carbocycles. The first-order chi connectivity index (χ1) is 22.1. The van der Waals surface area contributed by atoms with Gasteiger partial charge in [0.1, 0.15) is 11.6 Å². The van der Waals surface area contributed by atoms with Crippen LogP contribution in [0.4, 0.5) is 0 Å². The number of carbonyl (C=O) groups is 3. The maximum atomic E-state index is 14.3. The average molecular weight is 647 g/mol. The summed E-state index contributed by atoms with van der Waals surface area (Å²) in [7, 11) is 0. The third-order valence-corrected chi connectivity index (χ3v) is 9.37. The summed E-state index contributed by atoms with van der Waals surface area (Å²) >= 11 is 6.14. The van der Waals surface area contributed by atoms with Crippen molar-refractivity contribution in [2.24, 2.45) is 5.92 Å². The molecule has 0 aliphatic carbocycles. The van der Waals surface area contributed by atoms with E-state index >= 15 is 0 Å². The first-order valence-corrected chi connectivity index (χ1v) is 16.6. The normalized spacial score (nSPS) is 18.9. The summed E-state index contributed by atoms with van der Waals surface area (Å²) in [6, 6.07) is 25.7. The third kappa shape index (κ3) is 9.18. The van der Waals surface area contributed by atoms with Gasteiger partial charge in [0.05, 0.1) is 12.1 Å². The van der Waals surface area contributed by atoms with Gasteiger partial charge in [-0.05, 0) is 60.4 Å². The Balaban J connectivity index is 1.56. The zero-order chi connectivity index (χ0) is 33.1. The fraction of sp³-hybridized carbons (Fsp3) is 0.432. The van der Waals surface area contributed by atoms with Crippen LogP contribution in [-0.2, 0) is 33.8 Å². The molecule has 1 saturated heterocycles. The lowest BCUT2D eigenvalue weighted by molar-refractivity contribution is -0.144. The molecule has 5 atom stereocenters. The van der Waals surface area contributed by atoms with Gasteiger partial charge in [-0.15, -0.1) is 0 Å². The van der Waals surface area contributed by atoms with E-state index in [2.05, 4.69) is 16.0 Å². The van der Waals surface area contributed by atoms with E-state index in [1.807, 2.05) is 98.8 Å². The predicted molar refractivity (Wildman–Crippen MR) is 182 cm³/mol. The Bertz CT molecular complexity index is 1440. The van der Waals surface area contributed by atoms with Crippen LogP contribution in [0.5, 0.6) is 0 Å². The van der Waals surface area contributed by atoms with Crippen molar-refractivity contribution in [1.82, 2.24) is 20.9 Å². The lowest BCUT2D eigenvalue weighted by Gasteiger charge is -2.36. The van der Waals surface area contributed by atoms with E-state index in [-0.39, 0.29) is 30.2 Å². The van der Waals surface area contributed by atoms with Crippen molar-refractivity contribution >= 4 is 29.3 Å². The molecule has 0 radical (unpaired) electrons. The number of benzene rings is 3. The Labute approximate surface area is 277 Å². The van der Waals surface area contributed by atoms with Gasteiger partial charge in [0.15, 0.2) is 0 Å². The molecule has 3 amide bonds. The first-order valence-electron chi connectivity index (χ1n) is 16.2. The van der Waals surface area contributed by atoms with Gasteiger partial charge in [-0.25, -0.2) is 0 Å². The molecule has 1 unspecified atom stereocenters. The fourth-order valence-corrected chi connectivity index (χ4v) is 6.59. The summed E-state index contributed by atoms with van der Waals surface area (Å²) in [5, 5.41) is 21.4. The van der Waals surface area contributed by atoms with Gasteiger partial charge < -0.3 is 26.0 Å². The van der Waals surface area contributed by atoms with E-state index < -0.39 is 23.7 Å². The molecule has 0 spiro atoms. The van der Waals surface area contributed by atoms with Crippen LogP contribution < -0.4 is 16.0 Å². The zero-order valence-electron chi connectivity index (χ0n) is 27.0. The lowest BCUT2D eigenvalue weighted by Crippen LogP contribution is -2.60. The molecule has 4 N–H and O–H groups in total. The zero-order valence-corrected chi connectivity index (χ0v) is 27.8. The quantitative estimate of drug-likeness (QED) is 0.181. The van der Waals surface area contributed by atoms with Crippen molar-refractivity contribution in [3.05, 3.63) is 107 Å². The minimum Gasteiger partial charge on any atom is -0.390 e. The highest BCUT2D eigenvalue weighted by Crippen LogP contribution is 2.34. The monoisotopic (exact) mass is 646 g/mol. The molecular weight excluding hydrogens is 600 g/mol. The minimum absolute atomic E-state index is 0.107.